The number of pyridine rings is 1. The van der Waals surface area contributed by atoms with Crippen LogP contribution in [0.25, 0.3) is 0 Å². The summed E-state index contributed by atoms with van der Waals surface area (Å²) < 4.78 is 2.01. The number of hydrogen-bond acceptors (Lipinski definition) is 5. The summed E-state index contributed by atoms with van der Waals surface area (Å²) in [7, 11) is 0. The summed E-state index contributed by atoms with van der Waals surface area (Å²) in [5.41, 5.74) is -0.0139. The van der Waals surface area contributed by atoms with E-state index in [1.165, 1.54) is 16.7 Å². The summed E-state index contributed by atoms with van der Waals surface area (Å²) in [5, 5.41) is 21.1. The minimum Gasteiger partial charge on any atom is -0.543 e. The molecule has 1 saturated heterocycles. The Morgan fingerprint density at radius 1 is 1.48 bits per heavy atom. The van der Waals surface area contributed by atoms with E-state index in [4.69, 9.17) is 0 Å². The van der Waals surface area contributed by atoms with Gasteiger partial charge in [-0.05, 0) is 6.92 Å². The molecule has 1 amide bonds. The molecule has 3 atom stereocenters. The zero-order valence-corrected chi connectivity index (χ0v) is 13.5. The molecule has 122 valence electrons. The van der Waals surface area contributed by atoms with Gasteiger partial charge in [0.2, 0.25) is 5.91 Å². The zero-order valence-electron chi connectivity index (χ0n) is 12.7. The van der Waals surface area contributed by atoms with E-state index in [1.54, 1.807) is 6.92 Å². The van der Waals surface area contributed by atoms with E-state index < -0.39 is 18.0 Å². The topological polar surface area (TPSA) is 84.5 Å². The van der Waals surface area contributed by atoms with Gasteiger partial charge >= 0.3 is 0 Å². The third-order valence-corrected chi connectivity index (χ3v) is 5.38. The summed E-state index contributed by atoms with van der Waals surface area (Å²) in [4.78, 5) is 25.4. The van der Waals surface area contributed by atoms with Gasteiger partial charge in [-0.25, -0.2) is 4.57 Å². The van der Waals surface area contributed by atoms with Crippen LogP contribution in [0.4, 0.5) is 0 Å². The number of aliphatic hydroxyl groups is 1. The van der Waals surface area contributed by atoms with Crippen molar-refractivity contribution in [2.24, 2.45) is 5.92 Å². The lowest BCUT2D eigenvalue weighted by molar-refractivity contribution is -0.692. The molecule has 0 bridgehead atoms. The number of thioether (sulfide) groups is 1. The Bertz CT molecular complexity index is 659. The second kappa shape index (κ2) is 6.33. The van der Waals surface area contributed by atoms with E-state index in [-0.39, 0.29) is 17.6 Å². The van der Waals surface area contributed by atoms with Crippen LogP contribution in [0.5, 0.6) is 0 Å². The Morgan fingerprint density at radius 2 is 2.17 bits per heavy atom. The fraction of sp³-hybridized carbons (Fsp3) is 0.438. The van der Waals surface area contributed by atoms with Gasteiger partial charge in [0.15, 0.2) is 18.9 Å². The molecule has 0 saturated carbocycles. The molecule has 3 rings (SSSR count). The van der Waals surface area contributed by atoms with Gasteiger partial charge in [0, 0.05) is 23.5 Å². The van der Waals surface area contributed by atoms with Crippen LogP contribution in [0.3, 0.4) is 0 Å². The first kappa shape index (κ1) is 16.0. The number of carboxylic acids is 1. The number of aryl methyl sites for hydroxylation is 1. The maximum absolute atomic E-state index is 12.1. The first-order valence-electron chi connectivity index (χ1n) is 7.53. The number of carbonyl (C=O) groups is 2. The second-order valence-electron chi connectivity index (χ2n) is 5.77. The number of carbonyl (C=O) groups excluding carboxylic acids is 2. The van der Waals surface area contributed by atoms with E-state index >= 15 is 0 Å². The van der Waals surface area contributed by atoms with Crippen molar-refractivity contribution in [3.05, 3.63) is 41.2 Å². The molecule has 3 heterocycles. The van der Waals surface area contributed by atoms with Crippen LogP contribution in [0, 0.1) is 5.92 Å². The summed E-state index contributed by atoms with van der Waals surface area (Å²) in [6.45, 7) is 2.31. The van der Waals surface area contributed by atoms with E-state index in [0.29, 0.717) is 17.1 Å². The van der Waals surface area contributed by atoms with Crippen LogP contribution in [-0.2, 0) is 16.1 Å². The summed E-state index contributed by atoms with van der Waals surface area (Å²) in [6, 6.07) is 5.56. The Kier molecular flexibility index (Phi) is 4.41. The second-order valence-corrected chi connectivity index (χ2v) is 6.96. The van der Waals surface area contributed by atoms with E-state index in [1.807, 2.05) is 35.2 Å². The van der Waals surface area contributed by atoms with Crippen molar-refractivity contribution in [2.75, 3.05) is 5.75 Å². The van der Waals surface area contributed by atoms with Crippen LogP contribution < -0.4 is 9.67 Å². The quantitative estimate of drug-likeness (QED) is 0.548. The largest absolute Gasteiger partial charge is 0.543 e. The summed E-state index contributed by atoms with van der Waals surface area (Å²) in [5.74, 6) is -1.45. The van der Waals surface area contributed by atoms with Gasteiger partial charge in [0.1, 0.15) is 0 Å². The Labute approximate surface area is 138 Å². The number of nitrogens with zero attached hydrogens (tertiary/aromatic N) is 2. The van der Waals surface area contributed by atoms with Gasteiger partial charge in [-0.2, -0.15) is 0 Å². The molecule has 23 heavy (non-hydrogen) atoms. The smallest absolute Gasteiger partial charge is 0.235 e. The normalized spacial score (nSPS) is 24.4. The van der Waals surface area contributed by atoms with Crippen molar-refractivity contribution >= 4 is 23.6 Å². The van der Waals surface area contributed by atoms with Gasteiger partial charge in [0.05, 0.1) is 35.5 Å². The number of carboxylic acid groups (broad SMARTS) is 1. The molecule has 0 aliphatic carbocycles. The van der Waals surface area contributed by atoms with Crippen LogP contribution in [-0.4, -0.2) is 39.8 Å². The van der Waals surface area contributed by atoms with Crippen molar-refractivity contribution in [3.8, 4) is 0 Å². The highest BCUT2D eigenvalue weighted by Crippen LogP contribution is 2.46. The fourth-order valence-electron chi connectivity index (χ4n) is 3.21. The third-order valence-electron chi connectivity index (χ3n) is 4.28. The Morgan fingerprint density at radius 3 is 2.78 bits per heavy atom. The first-order chi connectivity index (χ1) is 11.0. The highest BCUT2D eigenvalue weighted by molar-refractivity contribution is 8.03. The van der Waals surface area contributed by atoms with E-state index in [0.717, 1.165) is 6.54 Å². The highest BCUT2D eigenvalue weighted by atomic mass is 32.2. The van der Waals surface area contributed by atoms with Crippen molar-refractivity contribution in [1.29, 1.82) is 0 Å². The molecule has 2 aliphatic rings. The molecule has 1 N–H and O–H groups in total. The first-order valence-corrected chi connectivity index (χ1v) is 8.51. The molecule has 7 heteroatoms. The molecule has 0 spiro atoms. The molecule has 1 aromatic heterocycles. The summed E-state index contributed by atoms with van der Waals surface area (Å²) >= 11 is 1.44. The fourth-order valence-corrected chi connectivity index (χ4v) is 4.36. The number of fused-ring (bicyclic) bond motifs is 1. The van der Waals surface area contributed by atoms with Gasteiger partial charge in [-0.15, -0.1) is 11.8 Å². The van der Waals surface area contributed by atoms with Gasteiger partial charge in [-0.3, -0.25) is 4.79 Å². The zero-order chi connectivity index (χ0) is 16.6. The Balaban J connectivity index is 1.69. The predicted octanol–water partition coefficient (Wildman–Crippen LogP) is -0.720. The predicted molar refractivity (Wildman–Crippen MR) is 81.5 cm³/mol. The van der Waals surface area contributed by atoms with Crippen LogP contribution in [0.1, 0.15) is 13.3 Å². The number of aliphatic hydroxyl groups excluding tert-OH is 1. The number of rotatable bonds is 6. The van der Waals surface area contributed by atoms with Gasteiger partial charge in [-0.1, -0.05) is 6.07 Å². The molecular weight excluding hydrogens is 316 g/mol. The lowest BCUT2D eigenvalue weighted by Crippen LogP contribution is -2.62. The lowest BCUT2D eigenvalue weighted by atomic mass is 9.83. The van der Waals surface area contributed by atoms with Crippen molar-refractivity contribution < 1.29 is 24.4 Å². The number of aromatic nitrogens is 1. The van der Waals surface area contributed by atoms with Crippen molar-refractivity contribution in [2.45, 2.75) is 32.0 Å². The molecule has 2 aliphatic heterocycles. The standard InChI is InChI=1S/C16H18N2O4S/c1-10(19)13-11-9-12(14(16(21)22)18(11)15(13)20)23-8-7-17-5-3-2-4-6-17/h2-6,10-11,13,19H,7-9H2,1H3/t10-,11?,13?/m1/s1. The van der Waals surface area contributed by atoms with Crippen LogP contribution in [0.2, 0.25) is 0 Å². The number of hydrogen-bond donors (Lipinski definition) is 1. The maximum Gasteiger partial charge on any atom is 0.235 e. The van der Waals surface area contributed by atoms with Crippen LogP contribution in [0.15, 0.2) is 41.2 Å². The monoisotopic (exact) mass is 334 g/mol. The minimum atomic E-state index is -1.32. The molecule has 2 unspecified atom stereocenters. The molecule has 0 radical (unpaired) electrons. The molecule has 0 aromatic carbocycles. The maximum atomic E-state index is 12.1. The molecular formula is C16H18N2O4S. The Hall–Kier alpha value is -1.86. The number of amides is 1. The van der Waals surface area contributed by atoms with Crippen molar-refractivity contribution in [3.63, 3.8) is 0 Å². The van der Waals surface area contributed by atoms with Gasteiger partial charge < -0.3 is 19.9 Å². The van der Waals surface area contributed by atoms with Crippen LogP contribution >= 0.6 is 11.8 Å². The highest BCUT2D eigenvalue weighted by Gasteiger charge is 2.55. The average Bonchev–Trinajstić information content (AvgIpc) is 2.82. The third kappa shape index (κ3) is 2.86. The van der Waals surface area contributed by atoms with E-state index in [9.17, 15) is 19.8 Å². The van der Waals surface area contributed by atoms with Gasteiger partial charge in [0.25, 0.3) is 0 Å². The summed E-state index contributed by atoms with van der Waals surface area (Å²) in [6.07, 6.45) is 3.61. The molecule has 6 nitrogen and oxygen atoms in total. The number of β-lactam (4-membered cyclic amide) rings is 1. The minimum absolute atomic E-state index is 0.0139. The molecule has 1 aromatic rings. The SMILES string of the molecule is C[C@@H](O)C1C(=O)N2C(C(=O)[O-])=C(SCC[n+]3ccccc3)CC12. The number of aliphatic carboxylic acids is 1. The van der Waals surface area contributed by atoms with E-state index in [2.05, 4.69) is 0 Å². The lowest BCUT2D eigenvalue weighted by Gasteiger charge is -2.45. The molecule has 1 fully saturated rings. The average molecular weight is 334 g/mol. The van der Waals surface area contributed by atoms with Crippen molar-refractivity contribution in [1.82, 2.24) is 4.90 Å².